The average molecular weight is 377 g/mol. The van der Waals surface area contributed by atoms with Gasteiger partial charge in [0.1, 0.15) is 5.75 Å². The first-order chi connectivity index (χ1) is 13.7. The molecular formula is C21H23N5O2. The zero-order chi connectivity index (χ0) is 19.8. The number of nitrogens with one attached hydrogen (secondary N) is 1. The van der Waals surface area contributed by atoms with Crippen molar-refractivity contribution in [1.82, 2.24) is 19.9 Å². The zero-order valence-corrected chi connectivity index (χ0v) is 16.0. The molecule has 3 rings (SSSR count). The van der Waals surface area contributed by atoms with Crippen molar-refractivity contribution in [3.8, 4) is 5.75 Å². The molecule has 0 unspecified atom stereocenters. The molecule has 0 radical (unpaired) electrons. The first-order valence-corrected chi connectivity index (χ1v) is 9.12. The van der Waals surface area contributed by atoms with Gasteiger partial charge in [-0.1, -0.05) is 12.1 Å². The van der Waals surface area contributed by atoms with Crippen LogP contribution in [0.3, 0.4) is 0 Å². The summed E-state index contributed by atoms with van der Waals surface area (Å²) in [5, 5.41) is 3.12. The van der Waals surface area contributed by atoms with Gasteiger partial charge < -0.3 is 15.0 Å². The second-order valence-electron chi connectivity index (χ2n) is 6.18. The fraction of sp³-hybridized carbons (Fsp3) is 0.238. The van der Waals surface area contributed by atoms with Gasteiger partial charge in [0, 0.05) is 38.4 Å². The number of likely N-dealkylation sites (N-methyl/N-ethyl adjacent to an activating group) is 1. The van der Waals surface area contributed by atoms with Gasteiger partial charge in [-0.25, -0.2) is 9.97 Å². The fourth-order valence-corrected chi connectivity index (χ4v) is 2.64. The van der Waals surface area contributed by atoms with E-state index in [2.05, 4.69) is 20.3 Å². The molecule has 0 aliphatic carbocycles. The molecule has 1 amide bonds. The summed E-state index contributed by atoms with van der Waals surface area (Å²) in [6.07, 6.45) is 7.33. The van der Waals surface area contributed by atoms with Gasteiger partial charge in [-0.15, -0.1) is 0 Å². The molecule has 0 aliphatic rings. The van der Waals surface area contributed by atoms with Crippen molar-refractivity contribution >= 4 is 17.5 Å². The second-order valence-corrected chi connectivity index (χ2v) is 6.18. The van der Waals surface area contributed by atoms with Crippen LogP contribution in [0.5, 0.6) is 5.75 Å². The molecule has 0 fully saturated rings. The summed E-state index contributed by atoms with van der Waals surface area (Å²) in [7, 11) is 1.77. The van der Waals surface area contributed by atoms with Crippen molar-refractivity contribution in [2.45, 2.75) is 13.3 Å². The Morgan fingerprint density at radius 3 is 2.54 bits per heavy atom. The molecule has 3 aromatic rings. The molecular weight excluding hydrogens is 354 g/mol. The third-order valence-corrected chi connectivity index (χ3v) is 4.16. The van der Waals surface area contributed by atoms with Gasteiger partial charge in [0.05, 0.1) is 17.9 Å². The number of hydrogen-bond donors (Lipinski definition) is 1. The van der Waals surface area contributed by atoms with E-state index < -0.39 is 0 Å². The van der Waals surface area contributed by atoms with Crippen LogP contribution < -0.4 is 10.1 Å². The number of benzene rings is 1. The monoisotopic (exact) mass is 377 g/mol. The van der Waals surface area contributed by atoms with Crippen LogP contribution in [0.2, 0.25) is 0 Å². The summed E-state index contributed by atoms with van der Waals surface area (Å²) < 4.78 is 5.58. The maximum absolute atomic E-state index is 12.6. The fourth-order valence-electron chi connectivity index (χ4n) is 2.64. The number of hydrogen-bond acceptors (Lipinski definition) is 6. The summed E-state index contributed by atoms with van der Waals surface area (Å²) in [5.41, 5.74) is 2.36. The van der Waals surface area contributed by atoms with Gasteiger partial charge >= 0.3 is 0 Å². The number of para-hydroxylation sites is 2. The van der Waals surface area contributed by atoms with Crippen molar-refractivity contribution < 1.29 is 9.53 Å². The van der Waals surface area contributed by atoms with Crippen molar-refractivity contribution in [2.75, 3.05) is 25.5 Å². The van der Waals surface area contributed by atoms with E-state index in [-0.39, 0.29) is 5.91 Å². The SMILES string of the molecule is CCOc1ccccc1Nc1ncc(C(=O)N(C)CCc2ccncc2)cn1. The van der Waals surface area contributed by atoms with Gasteiger partial charge in [-0.2, -0.15) is 0 Å². The lowest BCUT2D eigenvalue weighted by molar-refractivity contribution is 0.0796. The third-order valence-electron chi connectivity index (χ3n) is 4.16. The molecule has 0 bridgehead atoms. The Morgan fingerprint density at radius 2 is 1.82 bits per heavy atom. The maximum Gasteiger partial charge on any atom is 0.256 e. The minimum atomic E-state index is -0.115. The largest absolute Gasteiger partial charge is 0.492 e. The van der Waals surface area contributed by atoms with Crippen molar-refractivity contribution in [3.63, 3.8) is 0 Å². The van der Waals surface area contributed by atoms with E-state index in [4.69, 9.17) is 4.74 Å². The minimum Gasteiger partial charge on any atom is -0.492 e. The lowest BCUT2D eigenvalue weighted by atomic mass is 10.2. The third kappa shape index (κ3) is 5.03. The highest BCUT2D eigenvalue weighted by molar-refractivity contribution is 5.93. The molecule has 0 saturated heterocycles. The normalized spacial score (nSPS) is 10.4. The zero-order valence-electron chi connectivity index (χ0n) is 16.0. The first-order valence-electron chi connectivity index (χ1n) is 9.12. The number of carbonyl (C=O) groups excluding carboxylic acids is 1. The quantitative estimate of drug-likeness (QED) is 0.649. The standard InChI is InChI=1S/C21H23N5O2/c1-3-28-19-7-5-4-6-18(19)25-21-23-14-17(15-24-21)20(27)26(2)13-10-16-8-11-22-12-9-16/h4-9,11-12,14-15H,3,10,13H2,1-2H3,(H,23,24,25). The van der Waals surface area contributed by atoms with Crippen LogP contribution in [0.1, 0.15) is 22.8 Å². The Bertz CT molecular complexity index is 900. The Hall–Kier alpha value is -3.48. The molecule has 28 heavy (non-hydrogen) atoms. The van der Waals surface area contributed by atoms with Crippen LogP contribution >= 0.6 is 0 Å². The summed E-state index contributed by atoms with van der Waals surface area (Å²) in [4.78, 5) is 26.8. The summed E-state index contributed by atoms with van der Waals surface area (Å²) in [5.74, 6) is 1.02. The average Bonchev–Trinajstić information content (AvgIpc) is 2.74. The molecule has 0 saturated carbocycles. The van der Waals surface area contributed by atoms with E-state index in [9.17, 15) is 4.79 Å². The maximum atomic E-state index is 12.6. The molecule has 2 heterocycles. The predicted molar refractivity (Wildman–Crippen MR) is 108 cm³/mol. The number of pyridine rings is 1. The van der Waals surface area contributed by atoms with E-state index >= 15 is 0 Å². The second kappa shape index (κ2) is 9.45. The van der Waals surface area contributed by atoms with Crippen LogP contribution in [0, 0.1) is 0 Å². The Labute approximate surface area is 164 Å². The van der Waals surface area contributed by atoms with Gasteiger partial charge in [-0.05, 0) is 43.2 Å². The highest BCUT2D eigenvalue weighted by Gasteiger charge is 2.13. The molecule has 2 aromatic heterocycles. The predicted octanol–water partition coefficient (Wildman–Crippen LogP) is 3.33. The Kier molecular flexibility index (Phi) is 6.51. The highest BCUT2D eigenvalue weighted by atomic mass is 16.5. The summed E-state index contributed by atoms with van der Waals surface area (Å²) in [6, 6.07) is 11.5. The van der Waals surface area contributed by atoms with Crippen LogP contribution in [0.25, 0.3) is 0 Å². The van der Waals surface area contributed by atoms with Gasteiger partial charge in [0.25, 0.3) is 5.91 Å². The van der Waals surface area contributed by atoms with E-state index in [0.717, 1.165) is 23.4 Å². The van der Waals surface area contributed by atoms with E-state index in [1.165, 1.54) is 12.4 Å². The van der Waals surface area contributed by atoms with Crippen molar-refractivity contribution in [2.24, 2.45) is 0 Å². The van der Waals surface area contributed by atoms with E-state index in [1.807, 2.05) is 43.3 Å². The number of ether oxygens (including phenoxy) is 1. The summed E-state index contributed by atoms with van der Waals surface area (Å²) in [6.45, 7) is 3.10. The number of rotatable bonds is 8. The molecule has 0 aliphatic heterocycles. The Balaban J connectivity index is 1.61. The number of amides is 1. The van der Waals surface area contributed by atoms with E-state index in [0.29, 0.717) is 24.7 Å². The van der Waals surface area contributed by atoms with Crippen LogP contribution in [-0.2, 0) is 6.42 Å². The topological polar surface area (TPSA) is 80.2 Å². The molecule has 144 valence electrons. The summed E-state index contributed by atoms with van der Waals surface area (Å²) >= 11 is 0. The molecule has 0 spiro atoms. The number of anilines is 2. The molecule has 0 atom stereocenters. The smallest absolute Gasteiger partial charge is 0.256 e. The molecule has 1 N–H and O–H groups in total. The van der Waals surface area contributed by atoms with Gasteiger partial charge in [0.2, 0.25) is 5.95 Å². The number of aromatic nitrogens is 3. The van der Waals surface area contributed by atoms with Crippen LogP contribution in [-0.4, -0.2) is 46.0 Å². The van der Waals surface area contributed by atoms with Crippen LogP contribution in [0.15, 0.2) is 61.2 Å². The van der Waals surface area contributed by atoms with Crippen molar-refractivity contribution in [1.29, 1.82) is 0 Å². The molecule has 7 nitrogen and oxygen atoms in total. The number of nitrogens with zero attached hydrogens (tertiary/aromatic N) is 4. The van der Waals surface area contributed by atoms with Crippen LogP contribution in [0.4, 0.5) is 11.6 Å². The molecule has 1 aromatic carbocycles. The Morgan fingerprint density at radius 1 is 1.11 bits per heavy atom. The minimum absolute atomic E-state index is 0.115. The lowest BCUT2D eigenvalue weighted by Gasteiger charge is -2.17. The van der Waals surface area contributed by atoms with E-state index in [1.54, 1.807) is 24.3 Å². The molecule has 7 heteroatoms. The number of carbonyl (C=O) groups is 1. The van der Waals surface area contributed by atoms with Crippen molar-refractivity contribution in [3.05, 3.63) is 72.3 Å². The first kappa shape index (κ1) is 19.3. The highest BCUT2D eigenvalue weighted by Crippen LogP contribution is 2.25. The van der Waals surface area contributed by atoms with Gasteiger partial charge in [0.15, 0.2) is 0 Å². The van der Waals surface area contributed by atoms with Gasteiger partial charge in [-0.3, -0.25) is 9.78 Å². The lowest BCUT2D eigenvalue weighted by Crippen LogP contribution is -2.29.